The third-order valence-corrected chi connectivity index (χ3v) is 3.59. The van der Waals surface area contributed by atoms with Gasteiger partial charge in [0.1, 0.15) is 0 Å². The first kappa shape index (κ1) is 14.8. The summed E-state index contributed by atoms with van der Waals surface area (Å²) in [5, 5.41) is 13.2. The van der Waals surface area contributed by atoms with Crippen molar-refractivity contribution < 1.29 is 14.6 Å². The van der Waals surface area contributed by atoms with Gasteiger partial charge in [-0.25, -0.2) is 4.79 Å². The maximum atomic E-state index is 12.0. The summed E-state index contributed by atoms with van der Waals surface area (Å²) in [5.74, 6) is 0. The van der Waals surface area contributed by atoms with Crippen LogP contribution in [0.3, 0.4) is 0 Å². The number of nitrogens with zero attached hydrogens (tertiary/aromatic N) is 1. The Morgan fingerprint density at radius 2 is 2.00 bits per heavy atom. The summed E-state index contributed by atoms with van der Waals surface area (Å²) in [6, 6.07) is 9.58. The highest BCUT2D eigenvalue weighted by Gasteiger charge is 2.32. The van der Waals surface area contributed by atoms with Crippen LogP contribution in [0.1, 0.15) is 18.4 Å². The van der Waals surface area contributed by atoms with Crippen molar-refractivity contribution in [1.29, 1.82) is 0 Å². The van der Waals surface area contributed by atoms with Gasteiger partial charge in [0.15, 0.2) is 0 Å². The van der Waals surface area contributed by atoms with E-state index in [9.17, 15) is 9.90 Å². The molecule has 1 fully saturated rings. The van der Waals surface area contributed by atoms with E-state index in [0.29, 0.717) is 39.1 Å². The molecule has 110 valence electrons. The molecule has 2 rings (SSSR count). The number of amides is 2. The summed E-state index contributed by atoms with van der Waals surface area (Å²) in [7, 11) is 1.70. The van der Waals surface area contributed by atoms with Crippen molar-refractivity contribution in [3.05, 3.63) is 35.9 Å². The van der Waals surface area contributed by atoms with E-state index in [2.05, 4.69) is 5.32 Å². The van der Waals surface area contributed by atoms with E-state index in [1.54, 1.807) is 7.05 Å². The van der Waals surface area contributed by atoms with Crippen LogP contribution in [-0.2, 0) is 11.3 Å². The Morgan fingerprint density at radius 1 is 1.35 bits per heavy atom. The quantitative estimate of drug-likeness (QED) is 0.874. The van der Waals surface area contributed by atoms with Crippen LogP contribution >= 0.6 is 0 Å². The molecule has 0 bridgehead atoms. The molecule has 1 aliphatic rings. The molecule has 0 aromatic heterocycles. The molecule has 1 saturated heterocycles. The van der Waals surface area contributed by atoms with Gasteiger partial charge < -0.3 is 20.1 Å². The van der Waals surface area contributed by atoms with Gasteiger partial charge >= 0.3 is 6.03 Å². The number of carbonyl (C=O) groups excluding carboxylic acids is 1. The van der Waals surface area contributed by atoms with Gasteiger partial charge in [0.05, 0.1) is 12.1 Å². The molecule has 2 amide bonds. The van der Waals surface area contributed by atoms with Crippen molar-refractivity contribution in [2.75, 3.05) is 26.8 Å². The zero-order valence-corrected chi connectivity index (χ0v) is 11.8. The number of hydrogen-bond donors (Lipinski definition) is 2. The second-order valence-corrected chi connectivity index (χ2v) is 5.34. The first-order valence-electron chi connectivity index (χ1n) is 6.92. The number of likely N-dealkylation sites (N-methyl/N-ethyl adjacent to an activating group) is 1. The maximum Gasteiger partial charge on any atom is 0.317 e. The molecule has 1 aromatic rings. The number of nitrogens with one attached hydrogen (secondary N) is 1. The van der Waals surface area contributed by atoms with E-state index in [1.807, 2.05) is 30.3 Å². The third kappa shape index (κ3) is 4.21. The average molecular weight is 278 g/mol. The van der Waals surface area contributed by atoms with Crippen LogP contribution in [0.4, 0.5) is 4.79 Å². The Morgan fingerprint density at radius 3 is 2.65 bits per heavy atom. The van der Waals surface area contributed by atoms with Gasteiger partial charge in [0.25, 0.3) is 0 Å². The average Bonchev–Trinajstić information content (AvgIpc) is 2.46. The van der Waals surface area contributed by atoms with Crippen LogP contribution < -0.4 is 5.32 Å². The topological polar surface area (TPSA) is 61.8 Å². The Balaban J connectivity index is 1.79. The lowest BCUT2D eigenvalue weighted by Gasteiger charge is -2.35. The largest absolute Gasteiger partial charge is 0.388 e. The van der Waals surface area contributed by atoms with Crippen molar-refractivity contribution in [3.8, 4) is 0 Å². The summed E-state index contributed by atoms with van der Waals surface area (Å²) in [6.45, 7) is 1.93. The van der Waals surface area contributed by atoms with Crippen LogP contribution in [0.5, 0.6) is 0 Å². The molecule has 0 spiro atoms. The number of hydrogen-bond acceptors (Lipinski definition) is 3. The molecule has 0 unspecified atom stereocenters. The molecule has 0 aliphatic carbocycles. The van der Waals surface area contributed by atoms with Gasteiger partial charge in [-0.15, -0.1) is 0 Å². The summed E-state index contributed by atoms with van der Waals surface area (Å²) in [5.41, 5.74) is 0.232. The smallest absolute Gasteiger partial charge is 0.317 e. The molecule has 1 aromatic carbocycles. The highest BCUT2D eigenvalue weighted by atomic mass is 16.5. The first-order valence-corrected chi connectivity index (χ1v) is 6.92. The Hall–Kier alpha value is -1.59. The van der Waals surface area contributed by atoms with Crippen molar-refractivity contribution in [1.82, 2.24) is 10.2 Å². The fourth-order valence-electron chi connectivity index (χ4n) is 2.33. The molecule has 0 atom stereocenters. The van der Waals surface area contributed by atoms with Gasteiger partial charge in [-0.3, -0.25) is 0 Å². The van der Waals surface area contributed by atoms with Crippen LogP contribution in [-0.4, -0.2) is 48.4 Å². The summed E-state index contributed by atoms with van der Waals surface area (Å²) < 4.78 is 5.23. The van der Waals surface area contributed by atoms with Crippen LogP contribution in [0.25, 0.3) is 0 Å². The number of ether oxygens (including phenoxy) is 1. The van der Waals surface area contributed by atoms with E-state index in [4.69, 9.17) is 4.74 Å². The lowest BCUT2D eigenvalue weighted by molar-refractivity contribution is -0.0722. The SMILES string of the molecule is CN(CC1(O)CCOCC1)C(=O)NCc1ccccc1. The van der Waals surface area contributed by atoms with Crippen molar-refractivity contribution >= 4 is 6.03 Å². The minimum absolute atomic E-state index is 0.172. The van der Waals surface area contributed by atoms with E-state index >= 15 is 0 Å². The van der Waals surface area contributed by atoms with E-state index < -0.39 is 5.60 Å². The van der Waals surface area contributed by atoms with Gasteiger partial charge in [-0.2, -0.15) is 0 Å². The highest BCUT2D eigenvalue weighted by Crippen LogP contribution is 2.21. The van der Waals surface area contributed by atoms with Crippen LogP contribution in [0, 0.1) is 0 Å². The number of urea groups is 1. The predicted molar refractivity (Wildman–Crippen MR) is 76.3 cm³/mol. The molecule has 0 radical (unpaired) electrons. The standard InChI is InChI=1S/C15H22N2O3/c1-17(12-15(19)7-9-20-10-8-15)14(18)16-11-13-5-3-2-4-6-13/h2-6,19H,7-12H2,1H3,(H,16,18). The zero-order chi connectivity index (χ0) is 14.4. The number of carbonyl (C=O) groups is 1. The summed E-state index contributed by atoms with van der Waals surface area (Å²) >= 11 is 0. The van der Waals surface area contributed by atoms with Gasteiger partial charge in [-0.05, 0) is 5.56 Å². The molecule has 2 N–H and O–H groups in total. The first-order chi connectivity index (χ1) is 9.59. The minimum Gasteiger partial charge on any atom is -0.388 e. The van der Waals surface area contributed by atoms with E-state index in [0.717, 1.165) is 5.56 Å². The molecular weight excluding hydrogens is 256 g/mol. The zero-order valence-electron chi connectivity index (χ0n) is 11.8. The van der Waals surface area contributed by atoms with Gasteiger partial charge in [0.2, 0.25) is 0 Å². The van der Waals surface area contributed by atoms with Gasteiger partial charge in [0, 0.05) is 39.6 Å². The molecule has 1 aliphatic heterocycles. The molecule has 5 heteroatoms. The summed E-state index contributed by atoms with van der Waals surface area (Å²) in [6.07, 6.45) is 1.15. The van der Waals surface area contributed by atoms with Crippen molar-refractivity contribution in [2.24, 2.45) is 0 Å². The highest BCUT2D eigenvalue weighted by molar-refractivity contribution is 5.73. The van der Waals surface area contributed by atoms with Crippen molar-refractivity contribution in [2.45, 2.75) is 25.0 Å². The van der Waals surface area contributed by atoms with Gasteiger partial charge in [-0.1, -0.05) is 30.3 Å². The molecule has 5 nitrogen and oxygen atoms in total. The maximum absolute atomic E-state index is 12.0. The number of aliphatic hydroxyl groups is 1. The number of benzene rings is 1. The fourth-order valence-corrected chi connectivity index (χ4v) is 2.33. The van der Waals surface area contributed by atoms with Crippen molar-refractivity contribution in [3.63, 3.8) is 0 Å². The Labute approximate surface area is 119 Å². The molecule has 1 heterocycles. The monoisotopic (exact) mass is 278 g/mol. The molecule has 20 heavy (non-hydrogen) atoms. The summed E-state index contributed by atoms with van der Waals surface area (Å²) in [4.78, 5) is 13.5. The Kier molecular flexibility index (Phi) is 4.98. The lowest BCUT2D eigenvalue weighted by atomic mass is 9.94. The third-order valence-electron chi connectivity index (χ3n) is 3.59. The lowest BCUT2D eigenvalue weighted by Crippen LogP contribution is -2.49. The predicted octanol–water partition coefficient (Wildman–Crippen LogP) is 1.37. The minimum atomic E-state index is -0.822. The second-order valence-electron chi connectivity index (χ2n) is 5.34. The molecule has 0 saturated carbocycles. The Bertz CT molecular complexity index is 430. The second kappa shape index (κ2) is 6.72. The fraction of sp³-hybridized carbons (Fsp3) is 0.533. The molecular formula is C15H22N2O3. The number of rotatable bonds is 4. The van der Waals surface area contributed by atoms with E-state index in [1.165, 1.54) is 4.90 Å². The van der Waals surface area contributed by atoms with Crippen LogP contribution in [0.2, 0.25) is 0 Å². The van der Waals surface area contributed by atoms with E-state index in [-0.39, 0.29) is 6.03 Å². The van der Waals surface area contributed by atoms with Crippen LogP contribution in [0.15, 0.2) is 30.3 Å². The normalized spacial score (nSPS) is 17.5.